The highest BCUT2D eigenvalue weighted by atomic mass is 19.1. The Labute approximate surface area is 218 Å². The Hall–Kier alpha value is -3.52. The number of nitrogens with one attached hydrogen (secondary N) is 1. The van der Waals surface area contributed by atoms with E-state index in [4.69, 9.17) is 0 Å². The molecule has 8 heteroatoms. The standard InChI is InChI=1S/C29H36FN7/c1-4-14-35(15-5-2)24-12-16-36(17-13-24)23-7-9-25(10-8-23)37-29-26(19-33-37)28(31-20-32-29)34-27-11-6-22(30)18-21(27)3/h6-11,18-20,24H,4-5,12-17H2,1-3H3,(H,31,32,34). The Balaban J connectivity index is 1.30. The molecule has 3 heterocycles. The Morgan fingerprint density at radius 2 is 1.68 bits per heavy atom. The van der Waals surface area contributed by atoms with Crippen molar-refractivity contribution >= 4 is 28.2 Å². The average molecular weight is 502 g/mol. The third kappa shape index (κ3) is 5.44. The summed E-state index contributed by atoms with van der Waals surface area (Å²) in [4.78, 5) is 14.1. The molecule has 194 valence electrons. The van der Waals surface area contributed by atoms with Crippen LogP contribution in [0.15, 0.2) is 55.0 Å². The predicted octanol–water partition coefficient (Wildman–Crippen LogP) is 6.10. The van der Waals surface area contributed by atoms with Gasteiger partial charge in [0.05, 0.1) is 17.3 Å². The molecule has 0 unspecified atom stereocenters. The Morgan fingerprint density at radius 1 is 0.973 bits per heavy atom. The average Bonchev–Trinajstić information content (AvgIpc) is 3.36. The van der Waals surface area contributed by atoms with Crippen LogP contribution in [-0.2, 0) is 0 Å². The fraction of sp³-hybridized carbons (Fsp3) is 0.414. The van der Waals surface area contributed by atoms with Crippen LogP contribution >= 0.6 is 0 Å². The van der Waals surface area contributed by atoms with Crippen LogP contribution in [0.3, 0.4) is 0 Å². The van der Waals surface area contributed by atoms with Crippen LogP contribution in [0, 0.1) is 12.7 Å². The summed E-state index contributed by atoms with van der Waals surface area (Å²) < 4.78 is 15.3. The number of halogens is 1. The second-order valence-corrected chi connectivity index (χ2v) is 9.87. The molecule has 0 radical (unpaired) electrons. The molecule has 4 aromatic rings. The van der Waals surface area contributed by atoms with E-state index in [0.29, 0.717) is 11.9 Å². The minimum absolute atomic E-state index is 0.258. The number of benzene rings is 2. The molecule has 7 nitrogen and oxygen atoms in total. The maximum absolute atomic E-state index is 13.5. The first-order chi connectivity index (χ1) is 18.1. The summed E-state index contributed by atoms with van der Waals surface area (Å²) in [5, 5.41) is 8.72. The number of nitrogens with zero attached hydrogens (tertiary/aromatic N) is 6. The zero-order valence-electron chi connectivity index (χ0n) is 22.0. The van der Waals surface area contributed by atoms with Gasteiger partial charge in [-0.05, 0) is 93.7 Å². The molecule has 1 aliphatic rings. The van der Waals surface area contributed by atoms with E-state index in [1.54, 1.807) is 12.3 Å². The van der Waals surface area contributed by atoms with E-state index in [1.165, 1.54) is 62.9 Å². The van der Waals surface area contributed by atoms with Crippen molar-refractivity contribution in [3.63, 3.8) is 0 Å². The number of hydrogen-bond donors (Lipinski definition) is 1. The van der Waals surface area contributed by atoms with Crippen molar-refractivity contribution in [1.82, 2.24) is 24.6 Å². The van der Waals surface area contributed by atoms with Crippen molar-refractivity contribution in [2.24, 2.45) is 0 Å². The molecule has 0 bridgehead atoms. The van der Waals surface area contributed by atoms with E-state index in [1.807, 2.05) is 11.6 Å². The lowest BCUT2D eigenvalue weighted by molar-refractivity contribution is 0.169. The van der Waals surface area contributed by atoms with Gasteiger partial charge >= 0.3 is 0 Å². The molecule has 0 amide bonds. The smallest absolute Gasteiger partial charge is 0.168 e. The summed E-state index contributed by atoms with van der Waals surface area (Å²) in [6.07, 6.45) is 8.17. The van der Waals surface area contributed by atoms with Gasteiger partial charge in [-0.25, -0.2) is 19.0 Å². The van der Waals surface area contributed by atoms with Crippen molar-refractivity contribution in [2.45, 2.75) is 52.5 Å². The van der Waals surface area contributed by atoms with E-state index >= 15 is 0 Å². The zero-order chi connectivity index (χ0) is 25.8. The van der Waals surface area contributed by atoms with Gasteiger partial charge in [0.1, 0.15) is 18.0 Å². The number of hydrogen-bond acceptors (Lipinski definition) is 6. The van der Waals surface area contributed by atoms with E-state index in [2.05, 4.69) is 68.3 Å². The molecule has 2 aromatic heterocycles. The largest absolute Gasteiger partial charge is 0.371 e. The molecular formula is C29H36FN7. The number of aryl methyl sites for hydroxylation is 1. The van der Waals surface area contributed by atoms with E-state index < -0.39 is 0 Å². The second kappa shape index (κ2) is 11.3. The van der Waals surface area contributed by atoms with Gasteiger partial charge in [-0.2, -0.15) is 5.10 Å². The lowest BCUT2D eigenvalue weighted by Crippen LogP contribution is -2.45. The van der Waals surface area contributed by atoms with Crippen LogP contribution in [0.2, 0.25) is 0 Å². The van der Waals surface area contributed by atoms with Gasteiger partial charge in [0.25, 0.3) is 0 Å². The van der Waals surface area contributed by atoms with Crippen molar-refractivity contribution in [2.75, 3.05) is 36.4 Å². The van der Waals surface area contributed by atoms with Crippen molar-refractivity contribution in [1.29, 1.82) is 0 Å². The molecule has 37 heavy (non-hydrogen) atoms. The molecule has 0 atom stereocenters. The number of aromatic nitrogens is 4. The summed E-state index contributed by atoms with van der Waals surface area (Å²) in [5.41, 5.74) is 4.53. The topological polar surface area (TPSA) is 62.1 Å². The maximum atomic E-state index is 13.5. The highest BCUT2D eigenvalue weighted by Gasteiger charge is 2.24. The lowest BCUT2D eigenvalue weighted by Gasteiger charge is -2.39. The number of fused-ring (bicyclic) bond motifs is 1. The minimum Gasteiger partial charge on any atom is -0.371 e. The summed E-state index contributed by atoms with van der Waals surface area (Å²) in [6.45, 7) is 11.0. The van der Waals surface area contributed by atoms with E-state index in [0.717, 1.165) is 41.1 Å². The molecule has 1 saturated heterocycles. The third-order valence-electron chi connectivity index (χ3n) is 7.27. The van der Waals surface area contributed by atoms with Gasteiger partial charge in [0.2, 0.25) is 0 Å². The second-order valence-electron chi connectivity index (χ2n) is 9.87. The highest BCUT2D eigenvalue weighted by molar-refractivity contribution is 5.89. The minimum atomic E-state index is -0.258. The van der Waals surface area contributed by atoms with Crippen LogP contribution in [0.5, 0.6) is 0 Å². The van der Waals surface area contributed by atoms with E-state index in [9.17, 15) is 4.39 Å². The Bertz CT molecular complexity index is 1320. The van der Waals surface area contributed by atoms with Gasteiger partial charge in [-0.15, -0.1) is 0 Å². The monoisotopic (exact) mass is 501 g/mol. The molecule has 0 spiro atoms. The summed E-state index contributed by atoms with van der Waals surface area (Å²) in [5.74, 6) is 0.386. The van der Waals surface area contributed by atoms with Crippen LogP contribution in [0.1, 0.15) is 45.1 Å². The molecular weight excluding hydrogens is 465 g/mol. The molecule has 1 N–H and O–H groups in total. The lowest BCUT2D eigenvalue weighted by atomic mass is 10.0. The van der Waals surface area contributed by atoms with Crippen LogP contribution in [-0.4, -0.2) is 56.9 Å². The van der Waals surface area contributed by atoms with Gasteiger partial charge in [-0.1, -0.05) is 13.8 Å². The Kier molecular flexibility index (Phi) is 7.65. The van der Waals surface area contributed by atoms with Gasteiger partial charge in [0, 0.05) is 30.5 Å². The Morgan fingerprint density at radius 3 is 2.35 bits per heavy atom. The van der Waals surface area contributed by atoms with Gasteiger partial charge in [-0.3, -0.25) is 0 Å². The van der Waals surface area contributed by atoms with Crippen LogP contribution < -0.4 is 10.2 Å². The molecule has 2 aromatic carbocycles. The SMILES string of the molecule is CCCN(CCC)C1CCN(c2ccc(-n3ncc4c(Nc5ccc(F)cc5C)ncnc43)cc2)CC1. The van der Waals surface area contributed by atoms with E-state index in [-0.39, 0.29) is 5.82 Å². The van der Waals surface area contributed by atoms with Crippen LogP contribution in [0.4, 0.5) is 21.6 Å². The molecule has 5 rings (SSSR count). The summed E-state index contributed by atoms with van der Waals surface area (Å²) in [7, 11) is 0. The first-order valence-corrected chi connectivity index (χ1v) is 13.4. The summed E-state index contributed by atoms with van der Waals surface area (Å²) >= 11 is 0. The fourth-order valence-electron chi connectivity index (χ4n) is 5.37. The zero-order valence-corrected chi connectivity index (χ0v) is 22.0. The fourth-order valence-corrected chi connectivity index (χ4v) is 5.37. The maximum Gasteiger partial charge on any atom is 0.168 e. The predicted molar refractivity (Wildman–Crippen MR) is 148 cm³/mol. The number of rotatable bonds is 9. The normalized spacial score (nSPS) is 14.6. The van der Waals surface area contributed by atoms with Gasteiger partial charge in [0.15, 0.2) is 5.65 Å². The van der Waals surface area contributed by atoms with Crippen molar-refractivity contribution < 1.29 is 4.39 Å². The first kappa shape index (κ1) is 25.1. The highest BCUT2D eigenvalue weighted by Crippen LogP contribution is 2.28. The quantitative estimate of drug-likeness (QED) is 0.299. The molecule has 0 saturated carbocycles. The van der Waals surface area contributed by atoms with Crippen LogP contribution in [0.25, 0.3) is 16.7 Å². The molecule has 1 aliphatic heterocycles. The number of anilines is 3. The molecule has 0 aliphatic carbocycles. The first-order valence-electron chi connectivity index (χ1n) is 13.4. The third-order valence-corrected chi connectivity index (χ3v) is 7.27. The summed E-state index contributed by atoms with van der Waals surface area (Å²) in [6, 6.07) is 13.9. The van der Waals surface area contributed by atoms with Crippen molar-refractivity contribution in [3.05, 3.63) is 66.4 Å². The van der Waals surface area contributed by atoms with Gasteiger partial charge < -0.3 is 15.1 Å². The molecule has 1 fully saturated rings. The number of piperidine rings is 1. The van der Waals surface area contributed by atoms with Crippen molar-refractivity contribution in [3.8, 4) is 5.69 Å².